The minimum absolute atomic E-state index is 0.000121. The lowest BCUT2D eigenvalue weighted by Gasteiger charge is -2.15. The largest absolute Gasteiger partial charge is 0.396 e. The molecule has 0 aliphatic rings. The summed E-state index contributed by atoms with van der Waals surface area (Å²) in [5.74, 6) is 0.733. The van der Waals surface area contributed by atoms with Crippen LogP contribution in [-0.4, -0.2) is 41.5 Å². The van der Waals surface area contributed by atoms with Crippen molar-refractivity contribution in [2.24, 2.45) is 10.2 Å². The summed E-state index contributed by atoms with van der Waals surface area (Å²) in [5, 5.41) is 52.4. The number of hydrogen-bond acceptors (Lipinski definition) is 10. The number of nitrogens with zero attached hydrogens (tertiary/aromatic N) is 6. The van der Waals surface area contributed by atoms with Crippen LogP contribution in [0.2, 0.25) is 0 Å². The topological polar surface area (TPSA) is 154 Å². The van der Waals surface area contributed by atoms with Gasteiger partial charge >= 0.3 is 0 Å². The average molecular weight is 439 g/mol. The SMILES string of the molecule is [C-]#[N+]c1sc(N=Nc2c(NCCCO)nc(NCCCO)c(C#N)c2C)c(C#N)c1C. The molecule has 10 nitrogen and oxygen atoms in total. The van der Waals surface area contributed by atoms with Gasteiger partial charge in [0.25, 0.3) is 0 Å². The highest BCUT2D eigenvalue weighted by Crippen LogP contribution is 2.42. The number of thiophene rings is 1. The maximum Gasteiger partial charge on any atom is 0.247 e. The smallest absolute Gasteiger partial charge is 0.247 e. The average Bonchev–Trinajstić information content (AvgIpc) is 3.08. The number of aliphatic hydroxyl groups excluding tert-OH is 2. The second-order valence-electron chi connectivity index (χ2n) is 6.41. The maximum atomic E-state index is 9.64. The number of nitrogens with one attached hydrogen (secondary N) is 2. The van der Waals surface area contributed by atoms with Crippen LogP contribution in [0.1, 0.15) is 35.1 Å². The first-order chi connectivity index (χ1) is 15.0. The second-order valence-corrected chi connectivity index (χ2v) is 7.39. The molecule has 0 bridgehead atoms. The summed E-state index contributed by atoms with van der Waals surface area (Å²) in [7, 11) is 0. The molecule has 160 valence electrons. The monoisotopic (exact) mass is 438 g/mol. The molecular formula is C20H22N8O2S. The summed E-state index contributed by atoms with van der Waals surface area (Å²) in [4.78, 5) is 7.88. The lowest BCUT2D eigenvalue weighted by molar-refractivity contribution is 0.292. The summed E-state index contributed by atoms with van der Waals surface area (Å²) in [6.07, 6.45) is 0.986. The summed E-state index contributed by atoms with van der Waals surface area (Å²) < 4.78 is 0. The summed E-state index contributed by atoms with van der Waals surface area (Å²) in [6.45, 7) is 11.5. The van der Waals surface area contributed by atoms with E-state index in [-0.39, 0.29) is 13.2 Å². The Balaban J connectivity index is 2.54. The highest BCUT2D eigenvalue weighted by Gasteiger charge is 2.19. The molecule has 4 N–H and O–H groups in total. The van der Waals surface area contributed by atoms with Gasteiger partial charge in [0.2, 0.25) is 5.00 Å². The van der Waals surface area contributed by atoms with Crippen molar-refractivity contribution >= 4 is 38.7 Å². The van der Waals surface area contributed by atoms with Crippen molar-refractivity contribution in [1.29, 1.82) is 10.5 Å². The Labute approximate surface area is 184 Å². The van der Waals surface area contributed by atoms with Gasteiger partial charge in [-0.15, -0.1) is 21.6 Å². The first-order valence-corrected chi connectivity index (χ1v) is 10.3. The molecule has 2 aromatic rings. The zero-order valence-electron chi connectivity index (χ0n) is 17.2. The fourth-order valence-electron chi connectivity index (χ4n) is 2.67. The van der Waals surface area contributed by atoms with Crippen molar-refractivity contribution < 1.29 is 10.2 Å². The molecule has 2 heterocycles. The molecule has 0 atom stereocenters. The lowest BCUT2D eigenvalue weighted by Crippen LogP contribution is -2.11. The molecule has 0 saturated heterocycles. The van der Waals surface area contributed by atoms with Crippen LogP contribution in [0.4, 0.5) is 27.3 Å². The predicted molar refractivity (Wildman–Crippen MR) is 118 cm³/mol. The lowest BCUT2D eigenvalue weighted by atomic mass is 10.1. The van der Waals surface area contributed by atoms with E-state index in [0.717, 1.165) is 11.3 Å². The number of pyridine rings is 1. The maximum absolute atomic E-state index is 9.64. The van der Waals surface area contributed by atoms with Gasteiger partial charge in [-0.3, -0.25) is 0 Å². The summed E-state index contributed by atoms with van der Waals surface area (Å²) in [5.41, 5.74) is 2.03. The molecule has 0 unspecified atom stereocenters. The van der Waals surface area contributed by atoms with Crippen molar-refractivity contribution in [3.63, 3.8) is 0 Å². The van der Waals surface area contributed by atoms with E-state index in [2.05, 4.69) is 42.8 Å². The van der Waals surface area contributed by atoms with Gasteiger partial charge < -0.3 is 20.8 Å². The number of nitriles is 2. The first-order valence-electron chi connectivity index (χ1n) is 9.49. The van der Waals surface area contributed by atoms with E-state index in [1.165, 1.54) is 0 Å². The molecule has 0 saturated carbocycles. The standard InChI is InChI=1S/C20H22N8O2S/c1-12-14(10-21)17(24-6-4-8-29)26-18(25-7-5-9-30)16(12)27-28-20-15(11-22)13(2)19(23-3)31-20/h29-30H,4-9H2,1-2H3,(H2,24,25,26). The van der Waals surface area contributed by atoms with Gasteiger partial charge in [-0.25, -0.2) is 9.83 Å². The molecule has 2 rings (SSSR count). The zero-order valence-corrected chi connectivity index (χ0v) is 18.0. The molecule has 0 aliphatic carbocycles. The van der Waals surface area contributed by atoms with Gasteiger partial charge in [-0.1, -0.05) is 0 Å². The Morgan fingerprint density at radius 2 is 1.61 bits per heavy atom. The predicted octanol–water partition coefficient (Wildman–Crippen LogP) is 4.06. The van der Waals surface area contributed by atoms with Crippen molar-refractivity contribution in [2.45, 2.75) is 26.7 Å². The molecule has 0 fully saturated rings. The van der Waals surface area contributed by atoms with Crippen molar-refractivity contribution in [1.82, 2.24) is 4.98 Å². The second kappa shape index (κ2) is 11.6. The number of hydrogen-bond donors (Lipinski definition) is 4. The Morgan fingerprint density at radius 1 is 1.00 bits per heavy atom. The van der Waals surface area contributed by atoms with Crippen LogP contribution >= 0.6 is 11.3 Å². The Kier molecular flexibility index (Phi) is 8.86. The molecule has 31 heavy (non-hydrogen) atoms. The van der Waals surface area contributed by atoms with Crippen LogP contribution in [0.5, 0.6) is 0 Å². The van der Waals surface area contributed by atoms with Gasteiger partial charge in [0.05, 0.1) is 17.7 Å². The van der Waals surface area contributed by atoms with Crippen LogP contribution in [-0.2, 0) is 0 Å². The van der Waals surface area contributed by atoms with E-state index >= 15 is 0 Å². The Morgan fingerprint density at radius 3 is 2.16 bits per heavy atom. The highest BCUT2D eigenvalue weighted by molar-refractivity contribution is 7.20. The summed E-state index contributed by atoms with van der Waals surface area (Å²) in [6, 6.07) is 4.18. The van der Waals surface area contributed by atoms with E-state index < -0.39 is 0 Å². The molecule has 0 amide bonds. The van der Waals surface area contributed by atoms with Gasteiger partial charge in [0.1, 0.15) is 28.6 Å². The third-order valence-electron chi connectivity index (χ3n) is 4.34. The molecule has 11 heteroatoms. The minimum Gasteiger partial charge on any atom is -0.396 e. The van der Waals surface area contributed by atoms with Crippen LogP contribution in [0.3, 0.4) is 0 Å². The van der Waals surface area contributed by atoms with Crippen LogP contribution in [0.25, 0.3) is 4.85 Å². The van der Waals surface area contributed by atoms with Crippen LogP contribution in [0, 0.1) is 43.1 Å². The quantitative estimate of drug-likeness (QED) is 0.248. The van der Waals surface area contributed by atoms with E-state index in [9.17, 15) is 10.5 Å². The van der Waals surface area contributed by atoms with Crippen LogP contribution in [0.15, 0.2) is 10.2 Å². The number of aliphatic hydroxyl groups is 2. The normalized spacial score (nSPS) is 10.5. The Bertz CT molecular complexity index is 1090. The fourth-order valence-corrected chi connectivity index (χ4v) is 3.53. The van der Waals surface area contributed by atoms with Gasteiger partial charge in [0.15, 0.2) is 5.82 Å². The van der Waals surface area contributed by atoms with Gasteiger partial charge in [0, 0.05) is 31.9 Å². The highest BCUT2D eigenvalue weighted by atomic mass is 32.1. The third-order valence-corrected chi connectivity index (χ3v) is 5.41. The molecule has 0 spiro atoms. The number of azo groups is 1. The van der Waals surface area contributed by atoms with Crippen molar-refractivity contribution in [2.75, 3.05) is 36.9 Å². The van der Waals surface area contributed by atoms with Gasteiger partial charge in [-0.2, -0.15) is 10.5 Å². The number of aromatic nitrogens is 1. The van der Waals surface area contributed by atoms with Gasteiger partial charge in [-0.05, 0) is 32.3 Å². The molecule has 0 aliphatic heterocycles. The van der Waals surface area contributed by atoms with E-state index in [4.69, 9.17) is 16.8 Å². The summed E-state index contributed by atoms with van der Waals surface area (Å²) >= 11 is 1.08. The number of rotatable bonds is 10. The fraction of sp³-hybridized carbons (Fsp3) is 0.400. The van der Waals surface area contributed by atoms with Crippen molar-refractivity contribution in [3.05, 3.63) is 33.7 Å². The third kappa shape index (κ3) is 5.53. The molecule has 2 aromatic heterocycles. The molecule has 0 aromatic carbocycles. The van der Waals surface area contributed by atoms with Crippen LogP contribution < -0.4 is 10.6 Å². The zero-order chi connectivity index (χ0) is 22.8. The van der Waals surface area contributed by atoms with E-state index in [0.29, 0.717) is 75.5 Å². The van der Waals surface area contributed by atoms with E-state index in [1.807, 2.05) is 0 Å². The van der Waals surface area contributed by atoms with E-state index in [1.54, 1.807) is 13.8 Å². The number of anilines is 2. The minimum atomic E-state index is 0.000121. The first kappa shape index (κ1) is 23.7. The van der Waals surface area contributed by atoms with Crippen molar-refractivity contribution in [3.8, 4) is 12.1 Å². The Hall–Kier alpha value is -3.56. The molecular weight excluding hydrogens is 416 g/mol. The molecule has 0 radical (unpaired) electrons.